The molecular weight excluding hydrogens is 224 g/mol. The van der Waals surface area contributed by atoms with E-state index >= 15 is 0 Å². The highest BCUT2D eigenvalue weighted by molar-refractivity contribution is 7.85. The van der Waals surface area contributed by atoms with E-state index in [0.717, 1.165) is 0 Å². The normalized spacial score (nSPS) is 40.7. The second-order valence-electron chi connectivity index (χ2n) is 3.88. The smallest absolute Gasteiger partial charge is 0.265 e. The summed E-state index contributed by atoms with van der Waals surface area (Å²) >= 11 is 0. The van der Waals surface area contributed by atoms with Gasteiger partial charge in [0.25, 0.3) is 10.1 Å². The lowest BCUT2D eigenvalue weighted by Gasteiger charge is -2.14. The molecule has 2 saturated heterocycles. The molecule has 0 radical (unpaired) electrons. The summed E-state index contributed by atoms with van der Waals surface area (Å²) in [5.41, 5.74) is 0. The van der Waals surface area contributed by atoms with Gasteiger partial charge in [-0.3, -0.25) is 4.55 Å². The average Bonchev–Trinajstić information content (AvgIpc) is 2.65. The summed E-state index contributed by atoms with van der Waals surface area (Å²) in [6.07, 6.45) is -0.625. The largest absolute Gasteiger partial charge is 0.376 e. The minimum atomic E-state index is -3.97. The summed E-state index contributed by atoms with van der Waals surface area (Å²) < 4.78 is 46.2. The molecule has 1 N–H and O–H groups in total. The zero-order chi connectivity index (χ0) is 11.1. The maximum Gasteiger partial charge on any atom is 0.265 e. The fourth-order valence-corrected chi connectivity index (χ4v) is 2.99. The third kappa shape index (κ3) is 2.31. The molecule has 0 bridgehead atoms. The van der Waals surface area contributed by atoms with Crippen LogP contribution in [0.4, 0.5) is 0 Å². The molecule has 0 aliphatic carbocycles. The molecule has 7 heteroatoms. The average molecular weight is 238 g/mol. The number of rotatable bonds is 3. The van der Waals surface area contributed by atoms with Crippen LogP contribution in [0.1, 0.15) is 0 Å². The van der Waals surface area contributed by atoms with E-state index in [0.29, 0.717) is 6.61 Å². The van der Waals surface area contributed by atoms with Crippen molar-refractivity contribution < 1.29 is 27.2 Å². The van der Waals surface area contributed by atoms with Crippen LogP contribution in [0.25, 0.3) is 0 Å². The molecule has 4 unspecified atom stereocenters. The van der Waals surface area contributed by atoms with Crippen LogP contribution in [0.15, 0.2) is 0 Å². The molecule has 0 aromatic carbocycles. The summed E-state index contributed by atoms with van der Waals surface area (Å²) in [5.74, 6) is -0.616. The van der Waals surface area contributed by atoms with E-state index in [2.05, 4.69) is 0 Å². The van der Waals surface area contributed by atoms with Gasteiger partial charge in [0.1, 0.15) is 12.2 Å². The van der Waals surface area contributed by atoms with Gasteiger partial charge in [0.15, 0.2) is 0 Å². The molecule has 0 saturated carbocycles. The summed E-state index contributed by atoms with van der Waals surface area (Å²) in [7, 11) is -2.41. The van der Waals surface area contributed by atoms with E-state index < -0.39 is 10.1 Å². The fraction of sp³-hybridized carbons (Fsp3) is 1.00. The van der Waals surface area contributed by atoms with Gasteiger partial charge in [0, 0.05) is 13.0 Å². The van der Waals surface area contributed by atoms with E-state index in [-0.39, 0.29) is 36.6 Å². The van der Waals surface area contributed by atoms with Gasteiger partial charge in [-0.2, -0.15) is 8.42 Å². The van der Waals surface area contributed by atoms with E-state index in [4.69, 9.17) is 18.8 Å². The molecule has 2 rings (SSSR count). The Bertz CT molecular complexity index is 326. The monoisotopic (exact) mass is 238 g/mol. The van der Waals surface area contributed by atoms with Crippen molar-refractivity contribution in [3.05, 3.63) is 0 Å². The highest BCUT2D eigenvalue weighted by atomic mass is 32.2. The Morgan fingerprint density at radius 2 is 2.00 bits per heavy atom. The van der Waals surface area contributed by atoms with Crippen LogP contribution in [0, 0.1) is 5.92 Å². The van der Waals surface area contributed by atoms with Crippen molar-refractivity contribution in [2.75, 3.05) is 26.1 Å². The Morgan fingerprint density at radius 3 is 2.60 bits per heavy atom. The zero-order valence-corrected chi connectivity index (χ0v) is 9.14. The van der Waals surface area contributed by atoms with Crippen LogP contribution in [0.5, 0.6) is 0 Å². The molecule has 88 valence electrons. The Hall–Kier alpha value is -0.210. The number of fused-ring (bicyclic) bond motifs is 1. The number of hydrogen-bond donors (Lipinski definition) is 1. The van der Waals surface area contributed by atoms with Gasteiger partial charge < -0.3 is 14.2 Å². The van der Waals surface area contributed by atoms with Crippen molar-refractivity contribution in [2.24, 2.45) is 5.92 Å². The molecule has 0 aromatic heterocycles. The molecule has 0 aromatic rings. The maximum absolute atomic E-state index is 10.7. The number of ether oxygens (including phenoxy) is 3. The number of methoxy groups -OCH3 is 1. The minimum Gasteiger partial charge on any atom is -0.376 e. The zero-order valence-electron chi connectivity index (χ0n) is 8.33. The number of hydrogen-bond acceptors (Lipinski definition) is 5. The third-order valence-corrected chi connectivity index (χ3v) is 3.69. The van der Waals surface area contributed by atoms with Crippen molar-refractivity contribution in [1.82, 2.24) is 0 Å². The Balaban J connectivity index is 2.02. The van der Waals surface area contributed by atoms with Crippen LogP contribution < -0.4 is 0 Å². The van der Waals surface area contributed by atoms with Gasteiger partial charge >= 0.3 is 0 Å². The highest BCUT2D eigenvalue weighted by Gasteiger charge is 2.48. The summed E-state index contributed by atoms with van der Waals surface area (Å²) in [5, 5.41) is 0. The maximum atomic E-state index is 10.7. The Labute approximate surface area is 88.3 Å². The predicted octanol–water partition coefficient (Wildman–Crippen LogP) is -0.697. The van der Waals surface area contributed by atoms with Crippen molar-refractivity contribution >= 4 is 10.1 Å². The summed E-state index contributed by atoms with van der Waals surface area (Å²) in [6.45, 7) is 0.697. The lowest BCUT2D eigenvalue weighted by molar-refractivity contribution is -0.00874. The van der Waals surface area contributed by atoms with Crippen LogP contribution in [-0.2, 0) is 24.3 Å². The molecule has 0 spiro atoms. The van der Waals surface area contributed by atoms with Crippen molar-refractivity contribution in [3.8, 4) is 0 Å². The molecular formula is C8H14O6S. The van der Waals surface area contributed by atoms with Crippen LogP contribution in [-0.4, -0.2) is 57.4 Å². The quantitative estimate of drug-likeness (QED) is 0.655. The molecule has 4 atom stereocenters. The molecule has 15 heavy (non-hydrogen) atoms. The summed E-state index contributed by atoms with van der Waals surface area (Å²) in [6, 6.07) is 0. The molecule has 2 aliphatic rings. The lowest BCUT2D eigenvalue weighted by atomic mass is 10.0. The van der Waals surface area contributed by atoms with Gasteiger partial charge in [-0.1, -0.05) is 0 Å². The van der Waals surface area contributed by atoms with Crippen LogP contribution in [0.3, 0.4) is 0 Å². The first kappa shape index (κ1) is 11.3. The lowest BCUT2D eigenvalue weighted by Crippen LogP contribution is -2.32. The Kier molecular flexibility index (Phi) is 3.00. The van der Waals surface area contributed by atoms with Gasteiger partial charge in [0.05, 0.1) is 25.1 Å². The van der Waals surface area contributed by atoms with Crippen molar-refractivity contribution in [1.29, 1.82) is 0 Å². The minimum absolute atomic E-state index is 0.138. The van der Waals surface area contributed by atoms with E-state index in [1.165, 1.54) is 0 Å². The van der Waals surface area contributed by atoms with Crippen LogP contribution in [0.2, 0.25) is 0 Å². The summed E-state index contributed by atoms with van der Waals surface area (Å²) in [4.78, 5) is 0. The first-order chi connectivity index (χ1) is 7.01. The van der Waals surface area contributed by atoms with Gasteiger partial charge in [0.2, 0.25) is 0 Å². The molecule has 2 heterocycles. The van der Waals surface area contributed by atoms with E-state index in [1.54, 1.807) is 7.11 Å². The SMILES string of the molecule is COC1COC2C(CS(=O)(=O)O)COC12. The van der Waals surface area contributed by atoms with Gasteiger partial charge in [-0.15, -0.1) is 0 Å². The third-order valence-electron chi connectivity index (χ3n) is 2.84. The fourth-order valence-electron chi connectivity index (χ4n) is 2.16. The predicted molar refractivity (Wildman–Crippen MR) is 50.2 cm³/mol. The topological polar surface area (TPSA) is 82.1 Å². The molecule has 2 fully saturated rings. The standard InChI is InChI=1S/C8H14O6S/c1-12-6-3-14-7-5(2-13-8(6)7)4-15(9,10)11/h5-8H,2-4H2,1H3,(H,9,10,11). The first-order valence-corrected chi connectivity index (χ1v) is 6.33. The Morgan fingerprint density at radius 1 is 1.33 bits per heavy atom. The van der Waals surface area contributed by atoms with Crippen LogP contribution >= 0.6 is 0 Å². The molecule has 0 amide bonds. The van der Waals surface area contributed by atoms with Gasteiger partial charge in [-0.05, 0) is 0 Å². The van der Waals surface area contributed by atoms with Crippen molar-refractivity contribution in [2.45, 2.75) is 18.3 Å². The van der Waals surface area contributed by atoms with E-state index in [9.17, 15) is 8.42 Å². The molecule has 2 aliphatic heterocycles. The highest BCUT2D eigenvalue weighted by Crippen LogP contribution is 2.32. The first-order valence-electron chi connectivity index (χ1n) is 4.72. The van der Waals surface area contributed by atoms with Gasteiger partial charge in [-0.25, -0.2) is 0 Å². The van der Waals surface area contributed by atoms with Crippen molar-refractivity contribution in [3.63, 3.8) is 0 Å². The second-order valence-corrected chi connectivity index (χ2v) is 5.38. The van der Waals surface area contributed by atoms with E-state index in [1.807, 2.05) is 0 Å². The molecule has 6 nitrogen and oxygen atoms in total. The second kappa shape index (κ2) is 3.99.